The first kappa shape index (κ1) is 17.0. The molecule has 7 nitrogen and oxygen atoms in total. The SMILES string of the molecule is Cc1ccc(-c2cn3cccnc3n2)cc1NC(=O)c1c(C)nn(C)c1C. The normalized spacial score (nSPS) is 11.1. The van der Waals surface area contributed by atoms with E-state index in [1.54, 1.807) is 10.9 Å². The predicted octanol–water partition coefficient (Wildman–Crippen LogP) is 3.31. The van der Waals surface area contributed by atoms with Crippen LogP contribution in [0.5, 0.6) is 0 Å². The number of fused-ring (bicyclic) bond motifs is 1. The van der Waals surface area contributed by atoms with Crippen molar-refractivity contribution in [3.05, 3.63) is 65.4 Å². The third-order valence-electron chi connectivity index (χ3n) is 4.75. The van der Waals surface area contributed by atoms with Crippen molar-refractivity contribution >= 4 is 17.4 Å². The highest BCUT2D eigenvalue weighted by molar-refractivity contribution is 6.06. The Morgan fingerprint density at radius 1 is 1.19 bits per heavy atom. The maximum absolute atomic E-state index is 12.8. The lowest BCUT2D eigenvalue weighted by molar-refractivity contribution is 0.102. The summed E-state index contributed by atoms with van der Waals surface area (Å²) in [5.74, 6) is 0.482. The fraction of sp³-hybridized carbons (Fsp3) is 0.200. The molecule has 0 spiro atoms. The molecule has 0 atom stereocenters. The molecule has 0 aliphatic heterocycles. The van der Waals surface area contributed by atoms with Crippen molar-refractivity contribution in [2.45, 2.75) is 20.8 Å². The fourth-order valence-electron chi connectivity index (χ4n) is 3.17. The van der Waals surface area contributed by atoms with E-state index in [4.69, 9.17) is 0 Å². The van der Waals surface area contributed by atoms with Gasteiger partial charge in [0.2, 0.25) is 5.78 Å². The quantitative estimate of drug-likeness (QED) is 0.608. The van der Waals surface area contributed by atoms with E-state index in [1.807, 2.05) is 68.9 Å². The Morgan fingerprint density at radius 2 is 2.00 bits per heavy atom. The second-order valence-electron chi connectivity index (χ2n) is 6.61. The van der Waals surface area contributed by atoms with E-state index in [0.717, 1.165) is 28.2 Å². The number of carbonyl (C=O) groups excluding carboxylic acids is 1. The third-order valence-corrected chi connectivity index (χ3v) is 4.75. The number of hydrogen-bond donors (Lipinski definition) is 1. The van der Waals surface area contributed by atoms with Crippen molar-refractivity contribution in [3.63, 3.8) is 0 Å². The summed E-state index contributed by atoms with van der Waals surface area (Å²) in [6.07, 6.45) is 5.54. The Balaban J connectivity index is 1.69. The maximum atomic E-state index is 12.8. The Morgan fingerprint density at radius 3 is 2.70 bits per heavy atom. The number of aromatic nitrogens is 5. The summed E-state index contributed by atoms with van der Waals surface area (Å²) in [4.78, 5) is 21.6. The Kier molecular flexibility index (Phi) is 3.99. The van der Waals surface area contributed by atoms with Crippen LogP contribution < -0.4 is 5.32 Å². The number of carbonyl (C=O) groups is 1. The van der Waals surface area contributed by atoms with Crippen LogP contribution in [0.1, 0.15) is 27.3 Å². The molecular formula is C20H20N6O. The van der Waals surface area contributed by atoms with Gasteiger partial charge in [0.1, 0.15) is 0 Å². The number of anilines is 1. The summed E-state index contributed by atoms with van der Waals surface area (Å²) < 4.78 is 3.59. The van der Waals surface area contributed by atoms with Gasteiger partial charge in [0.25, 0.3) is 5.91 Å². The summed E-state index contributed by atoms with van der Waals surface area (Å²) in [5.41, 5.74) is 5.62. The van der Waals surface area contributed by atoms with Crippen LogP contribution in [0, 0.1) is 20.8 Å². The summed E-state index contributed by atoms with van der Waals surface area (Å²) >= 11 is 0. The van der Waals surface area contributed by atoms with Gasteiger partial charge < -0.3 is 5.32 Å². The molecule has 4 aromatic rings. The van der Waals surface area contributed by atoms with Gasteiger partial charge in [-0.3, -0.25) is 13.9 Å². The second-order valence-corrected chi connectivity index (χ2v) is 6.61. The largest absolute Gasteiger partial charge is 0.322 e. The minimum atomic E-state index is -0.157. The molecule has 3 aromatic heterocycles. The first-order valence-electron chi connectivity index (χ1n) is 8.66. The van der Waals surface area contributed by atoms with Gasteiger partial charge in [0, 0.05) is 42.6 Å². The Hall–Kier alpha value is -3.48. The molecule has 0 unspecified atom stereocenters. The number of imidazole rings is 1. The van der Waals surface area contributed by atoms with Crippen molar-refractivity contribution in [1.29, 1.82) is 0 Å². The van der Waals surface area contributed by atoms with E-state index in [0.29, 0.717) is 17.0 Å². The summed E-state index contributed by atoms with van der Waals surface area (Å²) in [5, 5.41) is 7.34. The highest BCUT2D eigenvalue weighted by Crippen LogP contribution is 2.26. The van der Waals surface area contributed by atoms with Gasteiger partial charge in [-0.1, -0.05) is 12.1 Å². The van der Waals surface area contributed by atoms with Crippen LogP contribution in [0.25, 0.3) is 17.0 Å². The molecule has 1 N–H and O–H groups in total. The average Bonchev–Trinajstić information content (AvgIpc) is 3.17. The molecule has 0 radical (unpaired) electrons. The standard InChI is InChI=1S/C20H20N6O/c1-12-6-7-15(17-11-26-9-5-8-21-20(26)23-17)10-16(12)22-19(27)18-13(2)24-25(4)14(18)3/h5-11H,1-4H3,(H,22,27). The van der Waals surface area contributed by atoms with Crippen molar-refractivity contribution in [2.24, 2.45) is 7.05 Å². The molecule has 27 heavy (non-hydrogen) atoms. The molecule has 1 aromatic carbocycles. The highest BCUT2D eigenvalue weighted by atomic mass is 16.1. The van der Waals surface area contributed by atoms with Crippen LogP contribution in [0.2, 0.25) is 0 Å². The molecule has 3 heterocycles. The number of benzene rings is 1. The predicted molar refractivity (Wildman–Crippen MR) is 104 cm³/mol. The number of aryl methyl sites for hydroxylation is 3. The van der Waals surface area contributed by atoms with Gasteiger partial charge in [0.05, 0.1) is 17.0 Å². The van der Waals surface area contributed by atoms with E-state index < -0.39 is 0 Å². The molecule has 0 fully saturated rings. The van der Waals surface area contributed by atoms with E-state index in [2.05, 4.69) is 20.4 Å². The number of amides is 1. The Labute approximate surface area is 156 Å². The van der Waals surface area contributed by atoms with Crippen LogP contribution >= 0.6 is 0 Å². The molecule has 0 aliphatic rings. The third kappa shape index (κ3) is 2.97. The van der Waals surface area contributed by atoms with E-state index >= 15 is 0 Å². The maximum Gasteiger partial charge on any atom is 0.259 e. The molecule has 0 bridgehead atoms. The molecule has 0 aliphatic carbocycles. The van der Waals surface area contributed by atoms with Gasteiger partial charge >= 0.3 is 0 Å². The van der Waals surface area contributed by atoms with Gasteiger partial charge in [-0.05, 0) is 38.5 Å². The van der Waals surface area contributed by atoms with Crippen LogP contribution in [0.3, 0.4) is 0 Å². The van der Waals surface area contributed by atoms with E-state index in [-0.39, 0.29) is 5.91 Å². The molecular weight excluding hydrogens is 340 g/mol. The summed E-state index contributed by atoms with van der Waals surface area (Å²) in [6.45, 7) is 5.70. The van der Waals surface area contributed by atoms with Crippen molar-refractivity contribution in [1.82, 2.24) is 24.1 Å². The van der Waals surface area contributed by atoms with Gasteiger partial charge in [-0.2, -0.15) is 5.10 Å². The molecule has 4 rings (SSSR count). The highest BCUT2D eigenvalue weighted by Gasteiger charge is 2.18. The van der Waals surface area contributed by atoms with E-state index in [1.165, 1.54) is 0 Å². The molecule has 1 amide bonds. The van der Waals surface area contributed by atoms with Crippen LogP contribution in [-0.4, -0.2) is 30.1 Å². The zero-order chi connectivity index (χ0) is 19.1. The minimum Gasteiger partial charge on any atom is -0.322 e. The topological polar surface area (TPSA) is 77.1 Å². The molecule has 7 heteroatoms. The summed E-state index contributed by atoms with van der Waals surface area (Å²) in [6, 6.07) is 7.77. The van der Waals surface area contributed by atoms with Crippen LogP contribution in [0.4, 0.5) is 5.69 Å². The number of nitrogens with one attached hydrogen (secondary N) is 1. The number of rotatable bonds is 3. The smallest absolute Gasteiger partial charge is 0.259 e. The average molecular weight is 360 g/mol. The van der Waals surface area contributed by atoms with Crippen molar-refractivity contribution < 1.29 is 4.79 Å². The van der Waals surface area contributed by atoms with Crippen LogP contribution in [0.15, 0.2) is 42.9 Å². The van der Waals surface area contributed by atoms with Crippen LogP contribution in [-0.2, 0) is 7.05 Å². The lowest BCUT2D eigenvalue weighted by Gasteiger charge is -2.10. The lowest BCUT2D eigenvalue weighted by Crippen LogP contribution is -2.15. The van der Waals surface area contributed by atoms with Gasteiger partial charge in [-0.15, -0.1) is 0 Å². The zero-order valence-electron chi connectivity index (χ0n) is 15.7. The second kappa shape index (κ2) is 6.35. The molecule has 136 valence electrons. The van der Waals surface area contributed by atoms with Gasteiger partial charge in [-0.25, -0.2) is 9.97 Å². The summed E-state index contributed by atoms with van der Waals surface area (Å²) in [7, 11) is 1.84. The monoisotopic (exact) mass is 360 g/mol. The Bertz CT molecular complexity index is 1140. The lowest BCUT2D eigenvalue weighted by atomic mass is 10.1. The fourth-order valence-corrected chi connectivity index (χ4v) is 3.17. The minimum absolute atomic E-state index is 0.157. The first-order valence-corrected chi connectivity index (χ1v) is 8.66. The van der Waals surface area contributed by atoms with E-state index in [9.17, 15) is 4.79 Å². The van der Waals surface area contributed by atoms with Gasteiger partial charge in [0.15, 0.2) is 0 Å². The number of hydrogen-bond acceptors (Lipinski definition) is 4. The van der Waals surface area contributed by atoms with Crippen molar-refractivity contribution in [3.8, 4) is 11.3 Å². The number of nitrogens with zero attached hydrogens (tertiary/aromatic N) is 5. The molecule has 0 saturated carbocycles. The molecule has 0 saturated heterocycles. The van der Waals surface area contributed by atoms with Crippen molar-refractivity contribution in [2.75, 3.05) is 5.32 Å². The zero-order valence-corrected chi connectivity index (χ0v) is 15.7. The first-order chi connectivity index (χ1) is 12.9.